The number of benzene rings is 1. The summed E-state index contributed by atoms with van der Waals surface area (Å²) in [5, 5.41) is 14.7. The fourth-order valence-corrected chi connectivity index (χ4v) is 3.13. The van der Waals surface area contributed by atoms with E-state index in [2.05, 4.69) is 32.2 Å². The van der Waals surface area contributed by atoms with Gasteiger partial charge in [-0.05, 0) is 30.3 Å². The van der Waals surface area contributed by atoms with Crippen LogP contribution < -0.4 is 21.2 Å². The summed E-state index contributed by atoms with van der Waals surface area (Å²) < 4.78 is 20.2. The van der Waals surface area contributed by atoms with Crippen molar-refractivity contribution in [3.8, 4) is 22.9 Å². The number of pyridine rings is 1. The highest BCUT2D eigenvalue weighted by molar-refractivity contribution is 6.34. The molecular formula is C23H17ClFN7O3. The van der Waals surface area contributed by atoms with Crippen LogP contribution in [0, 0.1) is 5.82 Å². The highest BCUT2D eigenvalue weighted by Crippen LogP contribution is 2.31. The molecule has 1 aromatic carbocycles. The van der Waals surface area contributed by atoms with Gasteiger partial charge in [-0.3, -0.25) is 14.3 Å². The lowest BCUT2D eigenvalue weighted by Gasteiger charge is -2.10. The molecule has 4 rings (SSSR count). The lowest BCUT2D eigenvalue weighted by Crippen LogP contribution is -2.26. The number of carbonyl (C=O) groups excluding carboxylic acids is 1. The van der Waals surface area contributed by atoms with E-state index in [4.69, 9.17) is 22.1 Å². The zero-order valence-electron chi connectivity index (χ0n) is 18.0. The fraction of sp³-hybridized carbons (Fsp3) is 0.0435. The largest absolute Gasteiger partial charge is 0.436 e. The van der Waals surface area contributed by atoms with Crippen LogP contribution in [0.1, 0.15) is 10.4 Å². The van der Waals surface area contributed by atoms with Gasteiger partial charge < -0.3 is 15.8 Å². The molecule has 35 heavy (non-hydrogen) atoms. The van der Waals surface area contributed by atoms with Crippen LogP contribution in [0.5, 0.6) is 11.6 Å². The first kappa shape index (κ1) is 23.5. The quantitative estimate of drug-likeness (QED) is 0.372. The van der Waals surface area contributed by atoms with Crippen molar-refractivity contribution in [1.29, 1.82) is 0 Å². The van der Waals surface area contributed by atoms with Gasteiger partial charge >= 0.3 is 0 Å². The Bertz CT molecular complexity index is 1460. The normalized spacial score (nSPS) is 10.6. The molecule has 0 bridgehead atoms. The van der Waals surface area contributed by atoms with Crippen molar-refractivity contribution in [1.82, 2.24) is 25.0 Å². The summed E-state index contributed by atoms with van der Waals surface area (Å²) in [6.07, 6.45) is 4.28. The number of carbonyl (C=O) groups is 1. The number of amides is 1. The van der Waals surface area contributed by atoms with E-state index in [1.165, 1.54) is 59.5 Å². The molecule has 0 aliphatic heterocycles. The lowest BCUT2D eigenvalue weighted by molar-refractivity contribution is 0.102. The van der Waals surface area contributed by atoms with Gasteiger partial charge in [0.05, 0.1) is 6.54 Å². The molecule has 0 unspecified atom stereocenters. The van der Waals surface area contributed by atoms with Crippen LogP contribution in [0.4, 0.5) is 16.0 Å². The maximum atomic E-state index is 13.3. The van der Waals surface area contributed by atoms with Gasteiger partial charge in [0.2, 0.25) is 11.3 Å². The van der Waals surface area contributed by atoms with Gasteiger partial charge in [-0.1, -0.05) is 17.7 Å². The second kappa shape index (κ2) is 10.1. The van der Waals surface area contributed by atoms with E-state index >= 15 is 0 Å². The molecule has 0 atom stereocenters. The van der Waals surface area contributed by atoms with Crippen molar-refractivity contribution in [3.05, 3.63) is 94.1 Å². The summed E-state index contributed by atoms with van der Waals surface area (Å²) in [6.45, 7) is 3.88. The van der Waals surface area contributed by atoms with Gasteiger partial charge in [0.1, 0.15) is 27.9 Å². The van der Waals surface area contributed by atoms with E-state index < -0.39 is 17.2 Å². The molecule has 0 radical (unpaired) electrons. The number of nitrogens with two attached hydrogens (primary N) is 1. The Morgan fingerprint density at radius 3 is 2.66 bits per heavy atom. The van der Waals surface area contributed by atoms with Crippen LogP contribution in [-0.2, 0) is 6.54 Å². The first-order valence-electron chi connectivity index (χ1n) is 10.1. The predicted molar refractivity (Wildman–Crippen MR) is 128 cm³/mol. The Labute approximate surface area is 202 Å². The number of hydrogen-bond donors (Lipinski definition) is 2. The van der Waals surface area contributed by atoms with E-state index in [1.54, 1.807) is 6.08 Å². The average Bonchev–Trinajstić information content (AvgIpc) is 2.85. The van der Waals surface area contributed by atoms with E-state index in [0.29, 0.717) is 5.56 Å². The summed E-state index contributed by atoms with van der Waals surface area (Å²) in [5.74, 6) is -0.705. The Hall–Kier alpha value is -4.64. The monoisotopic (exact) mass is 493 g/mol. The number of nitrogens with zero attached hydrogens (tertiary/aromatic N) is 5. The zero-order valence-corrected chi connectivity index (χ0v) is 18.7. The van der Waals surface area contributed by atoms with E-state index in [9.17, 15) is 14.0 Å². The molecular weight excluding hydrogens is 477 g/mol. The van der Waals surface area contributed by atoms with E-state index in [1.807, 2.05) is 0 Å². The lowest BCUT2D eigenvalue weighted by atomic mass is 10.1. The Morgan fingerprint density at radius 1 is 1.20 bits per heavy atom. The number of anilines is 2. The number of nitrogen functional groups attached to an aromatic ring is 1. The minimum absolute atomic E-state index is 0.0113. The molecule has 3 heterocycles. The summed E-state index contributed by atoms with van der Waals surface area (Å²) in [5.41, 5.74) is 5.17. The van der Waals surface area contributed by atoms with Crippen molar-refractivity contribution in [2.75, 3.05) is 11.1 Å². The number of ether oxygens (including phenoxy) is 1. The Balaban J connectivity index is 1.58. The molecule has 0 aliphatic carbocycles. The van der Waals surface area contributed by atoms with Crippen molar-refractivity contribution in [2.45, 2.75) is 6.54 Å². The molecule has 0 saturated carbocycles. The first-order chi connectivity index (χ1) is 16.9. The third kappa shape index (κ3) is 5.31. The zero-order chi connectivity index (χ0) is 24.9. The molecule has 3 N–H and O–H groups in total. The molecule has 0 saturated heterocycles. The van der Waals surface area contributed by atoms with Crippen molar-refractivity contribution in [3.63, 3.8) is 0 Å². The van der Waals surface area contributed by atoms with Gasteiger partial charge in [0.15, 0.2) is 11.6 Å². The number of allylic oxidation sites excluding steroid dienone is 1. The van der Waals surface area contributed by atoms with Gasteiger partial charge in [0.25, 0.3) is 5.91 Å². The number of halogens is 2. The summed E-state index contributed by atoms with van der Waals surface area (Å²) in [4.78, 5) is 29.8. The van der Waals surface area contributed by atoms with Crippen LogP contribution in [0.3, 0.4) is 0 Å². The number of nitrogens with one attached hydrogen (secondary N) is 1. The highest BCUT2D eigenvalue weighted by Gasteiger charge is 2.18. The van der Waals surface area contributed by atoms with E-state index in [0.717, 1.165) is 0 Å². The molecule has 3 aromatic heterocycles. The Kier molecular flexibility index (Phi) is 6.78. The molecule has 0 fully saturated rings. The van der Waals surface area contributed by atoms with Gasteiger partial charge in [-0.25, -0.2) is 9.37 Å². The van der Waals surface area contributed by atoms with Crippen LogP contribution >= 0.6 is 11.6 Å². The summed E-state index contributed by atoms with van der Waals surface area (Å²) in [7, 11) is 0. The minimum atomic E-state index is -0.730. The minimum Gasteiger partial charge on any atom is -0.436 e. The SMILES string of the molecule is C=CCn1cc(C(=O)Nc2ccc(Oc3ccnc(N)c3Cl)nn2)c(=O)c(-c2ccc(F)cc2)n1. The summed E-state index contributed by atoms with van der Waals surface area (Å²) >= 11 is 6.05. The van der Waals surface area contributed by atoms with Gasteiger partial charge in [-0.15, -0.1) is 16.8 Å². The average molecular weight is 494 g/mol. The standard InChI is InChI=1S/C23H17ClFN7O3/c1-2-11-32-12-15(21(33)20(31-32)13-3-5-14(25)6-4-13)23(34)28-17-7-8-18(30-29-17)35-16-9-10-27-22(26)19(16)24/h2-10,12H,1,11H2,(H2,26,27)(H,28,29,34). The number of aromatic nitrogens is 5. The molecule has 4 aromatic rings. The Morgan fingerprint density at radius 2 is 1.97 bits per heavy atom. The topological polar surface area (TPSA) is 138 Å². The molecule has 176 valence electrons. The van der Waals surface area contributed by atoms with Crippen LogP contribution in [0.2, 0.25) is 5.02 Å². The maximum absolute atomic E-state index is 13.3. The number of rotatable bonds is 7. The smallest absolute Gasteiger partial charge is 0.262 e. The molecule has 10 nitrogen and oxygen atoms in total. The molecule has 12 heteroatoms. The highest BCUT2D eigenvalue weighted by atomic mass is 35.5. The molecule has 1 amide bonds. The third-order valence-electron chi connectivity index (χ3n) is 4.62. The van der Waals surface area contributed by atoms with Crippen LogP contribution in [0.25, 0.3) is 11.3 Å². The van der Waals surface area contributed by atoms with Crippen molar-refractivity contribution >= 4 is 29.1 Å². The number of hydrogen-bond acceptors (Lipinski definition) is 8. The van der Waals surface area contributed by atoms with Crippen molar-refractivity contribution in [2.24, 2.45) is 0 Å². The molecule has 0 spiro atoms. The third-order valence-corrected chi connectivity index (χ3v) is 5.00. The second-order valence-electron chi connectivity index (χ2n) is 7.06. The summed E-state index contributed by atoms with van der Waals surface area (Å²) in [6, 6.07) is 9.61. The van der Waals surface area contributed by atoms with E-state index in [-0.39, 0.29) is 46.1 Å². The predicted octanol–water partition coefficient (Wildman–Crippen LogP) is 3.70. The first-order valence-corrected chi connectivity index (χ1v) is 10.4. The van der Waals surface area contributed by atoms with Gasteiger partial charge in [-0.2, -0.15) is 5.10 Å². The fourth-order valence-electron chi connectivity index (χ4n) is 2.98. The van der Waals surface area contributed by atoms with Crippen LogP contribution in [-0.4, -0.2) is 30.9 Å². The van der Waals surface area contributed by atoms with Gasteiger partial charge in [0, 0.05) is 30.1 Å². The van der Waals surface area contributed by atoms with Crippen molar-refractivity contribution < 1.29 is 13.9 Å². The maximum Gasteiger partial charge on any atom is 0.262 e. The second-order valence-corrected chi connectivity index (χ2v) is 7.44. The molecule has 0 aliphatic rings. The van der Waals surface area contributed by atoms with Crippen LogP contribution in [0.15, 0.2) is 72.3 Å².